The van der Waals surface area contributed by atoms with Crippen molar-refractivity contribution < 1.29 is 35.9 Å². The number of nitrogens with two attached hydrogens (primary N) is 1. The molecule has 37 heavy (non-hydrogen) atoms. The minimum Gasteiger partial charge on any atom is -0.462 e. The van der Waals surface area contributed by atoms with Crippen molar-refractivity contribution in [1.29, 1.82) is 0 Å². The van der Waals surface area contributed by atoms with Crippen LogP contribution in [0.5, 0.6) is 0 Å². The van der Waals surface area contributed by atoms with Gasteiger partial charge in [0.1, 0.15) is 5.70 Å². The summed E-state index contributed by atoms with van der Waals surface area (Å²) in [6.45, 7) is -0.175. The summed E-state index contributed by atoms with van der Waals surface area (Å²) in [6, 6.07) is 16.3. The summed E-state index contributed by atoms with van der Waals surface area (Å²) in [6.07, 6.45) is -8.55. The minimum atomic E-state index is -4.79. The van der Waals surface area contributed by atoms with E-state index in [0.717, 1.165) is 12.1 Å². The van der Waals surface area contributed by atoms with Gasteiger partial charge in [-0.05, 0) is 42.0 Å². The van der Waals surface area contributed by atoms with E-state index in [1.807, 2.05) is 0 Å². The molecule has 0 aliphatic heterocycles. The second-order valence-electron chi connectivity index (χ2n) is 7.71. The van der Waals surface area contributed by atoms with Gasteiger partial charge in [0.25, 0.3) is 0 Å². The van der Waals surface area contributed by atoms with Crippen molar-refractivity contribution in [3.63, 3.8) is 0 Å². The molecule has 0 unspecified atom stereocenters. The first-order valence-corrected chi connectivity index (χ1v) is 11.0. The van der Waals surface area contributed by atoms with E-state index in [1.165, 1.54) is 48.5 Å². The number of esters is 1. The van der Waals surface area contributed by atoms with Gasteiger partial charge >= 0.3 is 18.3 Å². The Morgan fingerprint density at radius 3 is 2.19 bits per heavy atom. The molecule has 11 heteroatoms. The Balaban J connectivity index is 1.75. The molecule has 0 atom stereocenters. The van der Waals surface area contributed by atoms with E-state index in [2.05, 4.69) is 4.99 Å². The summed E-state index contributed by atoms with van der Waals surface area (Å²) < 4.78 is 82.8. The van der Waals surface area contributed by atoms with Gasteiger partial charge in [0.05, 0.1) is 34.2 Å². The minimum absolute atomic E-state index is 0.0594. The fourth-order valence-corrected chi connectivity index (χ4v) is 3.28. The summed E-state index contributed by atoms with van der Waals surface area (Å²) >= 11 is 6.07. The maximum absolute atomic E-state index is 13.0. The largest absolute Gasteiger partial charge is 0.462 e. The maximum atomic E-state index is 13.0. The molecule has 4 nitrogen and oxygen atoms in total. The van der Waals surface area contributed by atoms with E-state index < -0.39 is 29.6 Å². The standard InChI is InChI=1S/C26H19ClF6N2O2/c27-20-6-1-2-7-21(20)35-22(15-23(34)26(31,32)33)17-8-10-18(11-9-17)24(36)37-13-12-16-4-3-5-19(14-16)25(28,29)30/h1-11,14-15H,12-13,34H2. The lowest BCUT2D eigenvalue weighted by atomic mass is 10.1. The zero-order chi connectivity index (χ0) is 27.2. The third kappa shape index (κ3) is 7.85. The first-order valence-electron chi connectivity index (χ1n) is 10.7. The molecule has 0 bridgehead atoms. The molecule has 0 aromatic heterocycles. The number of halogens is 7. The van der Waals surface area contributed by atoms with Crippen LogP contribution in [-0.4, -0.2) is 24.5 Å². The number of allylic oxidation sites excluding steroid dienone is 2. The van der Waals surface area contributed by atoms with Gasteiger partial charge in [0, 0.05) is 12.0 Å². The SMILES string of the molecule is NC(=CC(=Nc1ccccc1Cl)c1ccc(C(=O)OCCc2cccc(C(F)(F)F)c2)cc1)C(F)(F)F. The molecule has 3 aromatic carbocycles. The average Bonchev–Trinajstić information content (AvgIpc) is 2.84. The lowest BCUT2D eigenvalue weighted by Crippen LogP contribution is -2.21. The van der Waals surface area contributed by atoms with Crippen molar-refractivity contribution in [2.45, 2.75) is 18.8 Å². The van der Waals surface area contributed by atoms with Crippen LogP contribution < -0.4 is 5.73 Å². The molecule has 0 radical (unpaired) electrons. The summed E-state index contributed by atoms with van der Waals surface area (Å²) in [4.78, 5) is 16.6. The Morgan fingerprint density at radius 2 is 1.57 bits per heavy atom. The number of rotatable bonds is 7. The number of hydrogen-bond donors (Lipinski definition) is 1. The zero-order valence-corrected chi connectivity index (χ0v) is 19.7. The van der Waals surface area contributed by atoms with Crippen LogP contribution in [0.25, 0.3) is 0 Å². The number of hydrogen-bond acceptors (Lipinski definition) is 4. The lowest BCUT2D eigenvalue weighted by Gasteiger charge is -2.10. The predicted octanol–water partition coefficient (Wildman–Crippen LogP) is 7.28. The maximum Gasteiger partial charge on any atom is 0.430 e. The Hall–Kier alpha value is -3.79. The van der Waals surface area contributed by atoms with Crippen LogP contribution in [0.4, 0.5) is 32.0 Å². The first-order chi connectivity index (χ1) is 17.3. The van der Waals surface area contributed by atoms with Crippen LogP contribution in [0.3, 0.4) is 0 Å². The normalized spacial score (nSPS) is 12.9. The molecular weight excluding hydrogens is 522 g/mol. The van der Waals surface area contributed by atoms with Crippen LogP contribution in [0, 0.1) is 0 Å². The number of carbonyl (C=O) groups excluding carboxylic acids is 1. The van der Waals surface area contributed by atoms with E-state index in [9.17, 15) is 31.1 Å². The molecule has 0 fully saturated rings. The quantitative estimate of drug-likeness (QED) is 0.194. The van der Waals surface area contributed by atoms with Gasteiger partial charge in [-0.2, -0.15) is 26.3 Å². The predicted molar refractivity (Wildman–Crippen MR) is 128 cm³/mol. The van der Waals surface area contributed by atoms with Gasteiger partial charge in [0.2, 0.25) is 0 Å². The monoisotopic (exact) mass is 540 g/mol. The molecule has 3 rings (SSSR count). The van der Waals surface area contributed by atoms with E-state index in [-0.39, 0.29) is 40.6 Å². The Labute approximate surface area is 213 Å². The Morgan fingerprint density at radius 1 is 0.919 bits per heavy atom. The highest BCUT2D eigenvalue weighted by Gasteiger charge is 2.32. The second kappa shape index (κ2) is 11.5. The lowest BCUT2D eigenvalue weighted by molar-refractivity contribution is -0.137. The molecule has 0 saturated carbocycles. The van der Waals surface area contributed by atoms with Crippen molar-refractivity contribution in [3.8, 4) is 0 Å². The molecule has 2 N–H and O–H groups in total. The van der Waals surface area contributed by atoms with Gasteiger partial charge < -0.3 is 10.5 Å². The van der Waals surface area contributed by atoms with Crippen LogP contribution in [0.2, 0.25) is 5.02 Å². The number of benzene rings is 3. The molecule has 0 spiro atoms. The molecule has 0 heterocycles. The molecule has 3 aromatic rings. The van der Waals surface area contributed by atoms with E-state index >= 15 is 0 Å². The van der Waals surface area contributed by atoms with Gasteiger partial charge in [-0.3, -0.25) is 0 Å². The van der Waals surface area contributed by atoms with Gasteiger partial charge in [0.15, 0.2) is 0 Å². The fraction of sp³-hybridized carbons (Fsp3) is 0.154. The zero-order valence-electron chi connectivity index (χ0n) is 18.9. The number of para-hydroxylation sites is 1. The van der Waals surface area contributed by atoms with Crippen molar-refractivity contribution in [2.24, 2.45) is 10.7 Å². The van der Waals surface area contributed by atoms with Crippen LogP contribution in [-0.2, 0) is 17.3 Å². The summed E-state index contributed by atoms with van der Waals surface area (Å²) in [5.74, 6) is -0.756. The fourth-order valence-electron chi connectivity index (χ4n) is 3.11. The highest BCUT2D eigenvalue weighted by Crippen LogP contribution is 2.30. The summed E-state index contributed by atoms with van der Waals surface area (Å²) in [5.41, 5.74) is 3.70. The molecule has 0 amide bonds. The molecule has 194 valence electrons. The molecule has 0 aliphatic carbocycles. The summed E-state index contributed by atoms with van der Waals surface area (Å²) in [5, 5.41) is 0.208. The van der Waals surface area contributed by atoms with Crippen molar-refractivity contribution in [3.05, 3.63) is 112 Å². The summed E-state index contributed by atoms with van der Waals surface area (Å²) in [7, 11) is 0. The highest BCUT2D eigenvalue weighted by molar-refractivity contribution is 6.33. The highest BCUT2D eigenvalue weighted by atomic mass is 35.5. The van der Waals surface area contributed by atoms with E-state index in [1.54, 1.807) is 12.1 Å². The third-order valence-corrected chi connectivity index (χ3v) is 5.33. The number of alkyl halides is 6. The van der Waals surface area contributed by atoms with Gasteiger partial charge in [-0.25, -0.2) is 9.79 Å². The van der Waals surface area contributed by atoms with E-state index in [4.69, 9.17) is 22.1 Å². The number of nitrogens with zero attached hydrogens (tertiary/aromatic N) is 1. The average molecular weight is 541 g/mol. The second-order valence-corrected chi connectivity index (χ2v) is 8.11. The molecular formula is C26H19ClF6N2O2. The van der Waals surface area contributed by atoms with Crippen LogP contribution in [0.15, 0.2) is 89.6 Å². The number of ether oxygens (including phenoxy) is 1. The number of carbonyl (C=O) groups is 1. The molecule has 0 aliphatic rings. The van der Waals surface area contributed by atoms with Gasteiger partial charge in [-0.1, -0.05) is 54.1 Å². The topological polar surface area (TPSA) is 64.7 Å². The first kappa shape index (κ1) is 27.8. The van der Waals surface area contributed by atoms with Crippen molar-refractivity contribution >= 4 is 29.0 Å². The Bertz CT molecular complexity index is 1320. The number of aliphatic imine (C=N–C) groups is 1. The third-order valence-electron chi connectivity index (χ3n) is 5.01. The Kier molecular flexibility index (Phi) is 8.65. The van der Waals surface area contributed by atoms with Crippen LogP contribution in [0.1, 0.15) is 27.0 Å². The smallest absolute Gasteiger partial charge is 0.430 e. The van der Waals surface area contributed by atoms with Crippen molar-refractivity contribution in [1.82, 2.24) is 0 Å². The van der Waals surface area contributed by atoms with E-state index in [0.29, 0.717) is 11.6 Å². The van der Waals surface area contributed by atoms with Gasteiger partial charge in [-0.15, -0.1) is 0 Å². The van der Waals surface area contributed by atoms with Crippen molar-refractivity contribution in [2.75, 3.05) is 6.61 Å². The van der Waals surface area contributed by atoms with Crippen LogP contribution >= 0.6 is 11.6 Å². The molecule has 0 saturated heterocycles.